The fraction of sp³-hybridized carbons (Fsp3) is 0.500. The van der Waals surface area contributed by atoms with Crippen LogP contribution in [-0.4, -0.2) is 13.1 Å². The minimum Gasteiger partial charge on any atom is -0.317 e. The molecule has 0 amide bonds. The predicted molar refractivity (Wildman–Crippen MR) is 72.9 cm³/mol. The lowest BCUT2D eigenvalue weighted by Gasteiger charge is -2.22. The molecular formula is C16H21N. The third kappa shape index (κ3) is 2.90. The van der Waals surface area contributed by atoms with Crippen molar-refractivity contribution in [2.45, 2.75) is 38.1 Å². The average Bonchev–Trinajstić information content (AvgIpc) is 2.78. The molecule has 0 aromatic heterocycles. The maximum absolute atomic E-state index is 5.31. The molecule has 0 fully saturated rings. The van der Waals surface area contributed by atoms with Crippen molar-refractivity contribution in [1.29, 1.82) is 0 Å². The molecular weight excluding hydrogens is 206 g/mol. The van der Waals surface area contributed by atoms with Gasteiger partial charge in [0.15, 0.2) is 0 Å². The summed E-state index contributed by atoms with van der Waals surface area (Å²) in [6.07, 6.45) is 11.0. The Balaban J connectivity index is 1.93. The number of unbranched alkanes of at least 4 members (excludes halogenated alkanes) is 1. The quantitative estimate of drug-likeness (QED) is 0.602. The fourth-order valence-electron chi connectivity index (χ4n) is 2.92. The van der Waals surface area contributed by atoms with Crippen LogP contribution in [0, 0.1) is 18.3 Å². The van der Waals surface area contributed by atoms with E-state index in [1.165, 1.54) is 30.4 Å². The molecule has 1 atom stereocenters. The van der Waals surface area contributed by atoms with Gasteiger partial charge in [0.2, 0.25) is 0 Å². The van der Waals surface area contributed by atoms with Crippen molar-refractivity contribution in [3.8, 4) is 12.3 Å². The summed E-state index contributed by atoms with van der Waals surface area (Å²) in [4.78, 5) is 0. The number of rotatable bonds is 5. The zero-order valence-electron chi connectivity index (χ0n) is 10.6. The van der Waals surface area contributed by atoms with Crippen molar-refractivity contribution in [2.75, 3.05) is 7.05 Å². The first-order valence-corrected chi connectivity index (χ1v) is 6.52. The van der Waals surface area contributed by atoms with Gasteiger partial charge in [0.1, 0.15) is 0 Å². The van der Waals surface area contributed by atoms with Gasteiger partial charge in [-0.1, -0.05) is 24.3 Å². The Labute approximate surface area is 105 Å². The third-order valence-electron chi connectivity index (χ3n) is 3.86. The van der Waals surface area contributed by atoms with Gasteiger partial charge in [0.25, 0.3) is 0 Å². The van der Waals surface area contributed by atoms with E-state index in [2.05, 4.69) is 42.6 Å². The largest absolute Gasteiger partial charge is 0.317 e. The van der Waals surface area contributed by atoms with Crippen LogP contribution in [-0.2, 0) is 12.8 Å². The summed E-state index contributed by atoms with van der Waals surface area (Å²) in [5.41, 5.74) is 3.07. The summed E-state index contributed by atoms with van der Waals surface area (Å²) in [7, 11) is 2.07. The lowest BCUT2D eigenvalue weighted by atomic mass is 9.92. The number of hydrogen-bond acceptors (Lipinski definition) is 1. The van der Waals surface area contributed by atoms with E-state index in [1.807, 2.05) is 0 Å². The number of nitrogens with one attached hydrogen (secondary N) is 1. The monoisotopic (exact) mass is 227 g/mol. The predicted octanol–water partition coefficient (Wildman–Crippen LogP) is 2.79. The van der Waals surface area contributed by atoms with Crippen molar-refractivity contribution in [3.05, 3.63) is 35.4 Å². The van der Waals surface area contributed by atoms with Crippen LogP contribution in [0.2, 0.25) is 0 Å². The van der Waals surface area contributed by atoms with E-state index >= 15 is 0 Å². The van der Waals surface area contributed by atoms with Gasteiger partial charge < -0.3 is 5.32 Å². The Kier molecular flexibility index (Phi) is 4.23. The Morgan fingerprint density at radius 3 is 2.53 bits per heavy atom. The smallest absolute Gasteiger partial charge is 0.00990 e. The Hall–Kier alpha value is -1.26. The number of benzene rings is 1. The lowest BCUT2D eigenvalue weighted by molar-refractivity contribution is 0.360. The van der Waals surface area contributed by atoms with E-state index in [9.17, 15) is 0 Å². The molecule has 17 heavy (non-hydrogen) atoms. The molecule has 90 valence electrons. The first-order chi connectivity index (χ1) is 8.35. The van der Waals surface area contributed by atoms with Crippen molar-refractivity contribution in [2.24, 2.45) is 5.92 Å². The first-order valence-electron chi connectivity index (χ1n) is 6.52. The summed E-state index contributed by atoms with van der Waals surface area (Å²) in [6, 6.07) is 9.44. The van der Waals surface area contributed by atoms with Crippen molar-refractivity contribution >= 4 is 0 Å². The topological polar surface area (TPSA) is 12.0 Å². The van der Waals surface area contributed by atoms with Crippen LogP contribution in [0.1, 0.15) is 30.4 Å². The molecule has 0 saturated carbocycles. The minimum atomic E-state index is 0.607. The summed E-state index contributed by atoms with van der Waals surface area (Å²) >= 11 is 0. The second kappa shape index (κ2) is 5.89. The summed E-state index contributed by atoms with van der Waals surface area (Å²) in [6.45, 7) is 0. The number of terminal acetylenes is 1. The molecule has 1 nitrogen and oxygen atoms in total. The highest BCUT2D eigenvalue weighted by atomic mass is 14.9. The van der Waals surface area contributed by atoms with Crippen LogP contribution in [0.3, 0.4) is 0 Å². The lowest BCUT2D eigenvalue weighted by Crippen LogP contribution is -2.34. The zero-order valence-corrected chi connectivity index (χ0v) is 10.6. The minimum absolute atomic E-state index is 0.607. The van der Waals surface area contributed by atoms with Crippen molar-refractivity contribution in [1.82, 2.24) is 5.32 Å². The van der Waals surface area contributed by atoms with Gasteiger partial charge in [-0.2, -0.15) is 0 Å². The van der Waals surface area contributed by atoms with E-state index in [1.54, 1.807) is 0 Å². The summed E-state index contributed by atoms with van der Waals surface area (Å²) in [5.74, 6) is 3.47. The molecule has 1 aromatic rings. The maximum atomic E-state index is 5.31. The standard InChI is InChI=1S/C16H21N/c1-3-4-5-10-16(17-2)15-11-13-8-6-7-9-14(13)12-15/h1,6-9,15-17H,4-5,10-12H2,2H3. The van der Waals surface area contributed by atoms with Crippen molar-refractivity contribution < 1.29 is 0 Å². The highest BCUT2D eigenvalue weighted by Crippen LogP contribution is 2.30. The molecule has 0 heterocycles. The molecule has 1 aliphatic carbocycles. The molecule has 0 saturated heterocycles. The molecule has 0 aliphatic heterocycles. The fourth-order valence-corrected chi connectivity index (χ4v) is 2.92. The van der Waals surface area contributed by atoms with Gasteiger partial charge in [-0.3, -0.25) is 0 Å². The molecule has 1 unspecified atom stereocenters. The van der Waals surface area contributed by atoms with Crippen LogP contribution in [0.4, 0.5) is 0 Å². The van der Waals surface area contributed by atoms with Crippen LogP contribution in [0.15, 0.2) is 24.3 Å². The van der Waals surface area contributed by atoms with Gasteiger partial charge in [0.05, 0.1) is 0 Å². The average molecular weight is 227 g/mol. The Bertz CT molecular complexity index is 377. The summed E-state index contributed by atoms with van der Waals surface area (Å²) < 4.78 is 0. The second-order valence-electron chi connectivity index (χ2n) is 4.93. The van der Waals surface area contributed by atoms with Gasteiger partial charge in [0, 0.05) is 12.5 Å². The molecule has 1 aromatic carbocycles. The zero-order chi connectivity index (χ0) is 12.1. The number of fused-ring (bicyclic) bond motifs is 1. The summed E-state index contributed by atoms with van der Waals surface area (Å²) in [5, 5.41) is 3.47. The highest BCUT2D eigenvalue weighted by molar-refractivity contribution is 5.32. The van der Waals surface area contributed by atoms with Gasteiger partial charge >= 0.3 is 0 Å². The van der Waals surface area contributed by atoms with Crippen LogP contribution < -0.4 is 5.32 Å². The first kappa shape index (κ1) is 12.2. The van der Waals surface area contributed by atoms with E-state index in [-0.39, 0.29) is 0 Å². The van der Waals surface area contributed by atoms with Crippen molar-refractivity contribution in [3.63, 3.8) is 0 Å². The molecule has 1 N–H and O–H groups in total. The second-order valence-corrected chi connectivity index (χ2v) is 4.93. The van der Waals surface area contributed by atoms with E-state index in [0.717, 1.165) is 18.8 Å². The molecule has 0 radical (unpaired) electrons. The molecule has 2 rings (SSSR count). The van der Waals surface area contributed by atoms with Crippen LogP contribution in [0.5, 0.6) is 0 Å². The van der Waals surface area contributed by atoms with Gasteiger partial charge in [-0.15, -0.1) is 12.3 Å². The SMILES string of the molecule is C#CCCCC(NC)C1Cc2ccccc2C1. The molecule has 1 heteroatoms. The maximum Gasteiger partial charge on any atom is 0.00990 e. The van der Waals surface area contributed by atoms with Gasteiger partial charge in [-0.25, -0.2) is 0 Å². The highest BCUT2D eigenvalue weighted by Gasteiger charge is 2.26. The Morgan fingerprint density at radius 1 is 1.35 bits per heavy atom. The molecule has 1 aliphatic rings. The van der Waals surface area contributed by atoms with Crippen LogP contribution in [0.25, 0.3) is 0 Å². The molecule has 0 bridgehead atoms. The van der Waals surface area contributed by atoms with E-state index in [4.69, 9.17) is 6.42 Å². The van der Waals surface area contributed by atoms with Gasteiger partial charge in [-0.05, 0) is 49.8 Å². The molecule has 0 spiro atoms. The third-order valence-corrected chi connectivity index (χ3v) is 3.86. The number of hydrogen-bond donors (Lipinski definition) is 1. The Morgan fingerprint density at radius 2 is 2.00 bits per heavy atom. The normalized spacial score (nSPS) is 16.5. The van der Waals surface area contributed by atoms with Crippen LogP contribution >= 0.6 is 0 Å². The van der Waals surface area contributed by atoms with E-state index < -0.39 is 0 Å². The van der Waals surface area contributed by atoms with E-state index in [0.29, 0.717) is 6.04 Å².